The van der Waals surface area contributed by atoms with Crippen molar-refractivity contribution in [3.05, 3.63) is 42.0 Å². The van der Waals surface area contributed by atoms with Crippen molar-refractivity contribution in [3.63, 3.8) is 0 Å². The van der Waals surface area contributed by atoms with Gasteiger partial charge in [-0.15, -0.1) is 0 Å². The number of carbonyl (C=O) groups excluding carboxylic acids is 1. The molecule has 13 heavy (non-hydrogen) atoms. The van der Waals surface area contributed by atoms with Crippen molar-refractivity contribution in [2.24, 2.45) is 0 Å². The van der Waals surface area contributed by atoms with Gasteiger partial charge in [0, 0.05) is 11.3 Å². The van der Waals surface area contributed by atoms with E-state index in [0.29, 0.717) is 11.3 Å². The zero-order valence-electron chi connectivity index (χ0n) is 6.95. The van der Waals surface area contributed by atoms with Crippen LogP contribution in [0.2, 0.25) is 0 Å². The molecule has 2 nitrogen and oxygen atoms in total. The molecule has 2 rings (SSSR count). The fraction of sp³-hybridized carbons (Fsp3) is 0. The second kappa shape index (κ2) is 2.90. The average molecular weight is 170 g/mol. The van der Waals surface area contributed by atoms with Gasteiger partial charge in [-0.1, -0.05) is 18.2 Å². The summed E-state index contributed by atoms with van der Waals surface area (Å²) >= 11 is 0. The van der Waals surface area contributed by atoms with Crippen LogP contribution in [-0.4, -0.2) is 6.29 Å². The Kier molecular flexibility index (Phi) is 1.74. The predicted octanol–water partition coefficient (Wildman–Crippen LogP) is 1.88. The first-order chi connectivity index (χ1) is 6.29. The first kappa shape index (κ1) is 7.80. The van der Waals surface area contributed by atoms with E-state index in [2.05, 4.69) is 0 Å². The largest absolute Gasteiger partial charge is 0.399 e. The Morgan fingerprint density at radius 3 is 2.54 bits per heavy atom. The van der Waals surface area contributed by atoms with E-state index in [4.69, 9.17) is 5.73 Å². The monoisotopic (exact) mass is 170 g/mol. The van der Waals surface area contributed by atoms with Gasteiger partial charge in [-0.3, -0.25) is 4.79 Å². The van der Waals surface area contributed by atoms with Crippen molar-refractivity contribution in [1.29, 1.82) is 0 Å². The molecule has 0 fully saturated rings. The minimum Gasteiger partial charge on any atom is -0.399 e. The Morgan fingerprint density at radius 2 is 1.77 bits per heavy atom. The second-order valence-electron chi connectivity index (χ2n) is 2.92. The molecule has 2 aromatic carbocycles. The lowest BCUT2D eigenvalue weighted by atomic mass is 10.1. The Bertz CT molecular complexity index is 463. The van der Waals surface area contributed by atoms with Gasteiger partial charge >= 0.3 is 0 Å². The van der Waals surface area contributed by atoms with Crippen LogP contribution in [0.1, 0.15) is 5.56 Å². The van der Waals surface area contributed by atoms with E-state index >= 15 is 0 Å². The molecule has 0 saturated carbocycles. The number of hydrogen-bond acceptors (Lipinski definition) is 2. The molecule has 0 amide bonds. The number of nitrogen functional groups attached to an aromatic ring is 1. The zero-order valence-corrected chi connectivity index (χ0v) is 6.95. The maximum Gasteiger partial charge on any atom is 0.233 e. The Morgan fingerprint density at radius 1 is 1.00 bits per heavy atom. The smallest absolute Gasteiger partial charge is 0.233 e. The van der Waals surface area contributed by atoms with Crippen molar-refractivity contribution < 1.29 is 4.79 Å². The van der Waals surface area contributed by atoms with Crippen molar-refractivity contribution in [3.8, 4) is 0 Å². The topological polar surface area (TPSA) is 43.1 Å². The van der Waals surface area contributed by atoms with Gasteiger partial charge in [0.05, 0.1) is 0 Å². The van der Waals surface area contributed by atoms with Crippen LogP contribution >= 0.6 is 0 Å². The summed E-state index contributed by atoms with van der Waals surface area (Å²) in [6.45, 7) is 0. The molecule has 2 aromatic rings. The van der Waals surface area contributed by atoms with Crippen molar-refractivity contribution in [2.45, 2.75) is 0 Å². The molecule has 0 aromatic heterocycles. The highest BCUT2D eigenvalue weighted by Crippen LogP contribution is 2.18. The molecule has 1 radical (unpaired) electrons. The minimum atomic E-state index is 0.554. The van der Waals surface area contributed by atoms with Crippen LogP contribution in [0.4, 0.5) is 5.69 Å². The highest BCUT2D eigenvalue weighted by atomic mass is 16.1. The lowest BCUT2D eigenvalue weighted by Crippen LogP contribution is -1.85. The maximum atomic E-state index is 10.4. The molecule has 0 unspecified atom stereocenters. The van der Waals surface area contributed by atoms with Gasteiger partial charge in [-0.05, 0) is 29.0 Å². The number of hydrogen-bond donors (Lipinski definition) is 1. The van der Waals surface area contributed by atoms with Gasteiger partial charge in [-0.2, -0.15) is 0 Å². The van der Waals surface area contributed by atoms with E-state index in [1.807, 2.05) is 30.6 Å². The molecule has 0 aliphatic heterocycles. The van der Waals surface area contributed by atoms with Gasteiger partial charge < -0.3 is 5.73 Å². The summed E-state index contributed by atoms with van der Waals surface area (Å²) in [5.41, 5.74) is 6.87. The molecule has 0 atom stereocenters. The second-order valence-corrected chi connectivity index (χ2v) is 2.92. The van der Waals surface area contributed by atoms with Crippen molar-refractivity contribution in [2.75, 3.05) is 5.73 Å². The molecule has 0 saturated heterocycles. The minimum absolute atomic E-state index is 0.554. The highest BCUT2D eigenvalue weighted by Gasteiger charge is 1.96. The van der Waals surface area contributed by atoms with Gasteiger partial charge in [-0.25, -0.2) is 0 Å². The Labute approximate surface area is 76.0 Å². The number of rotatable bonds is 1. The summed E-state index contributed by atoms with van der Waals surface area (Å²) in [6, 6.07) is 11.0. The van der Waals surface area contributed by atoms with Crippen LogP contribution < -0.4 is 5.73 Å². The SMILES string of the molecule is Nc1ccc2ccc([C]=O)cc2c1. The lowest BCUT2D eigenvalue weighted by Gasteiger charge is -1.99. The molecule has 0 heterocycles. The van der Waals surface area contributed by atoms with Crippen LogP contribution in [0.3, 0.4) is 0 Å². The summed E-state index contributed by atoms with van der Waals surface area (Å²) in [4.78, 5) is 10.4. The first-order valence-electron chi connectivity index (χ1n) is 3.97. The molecule has 0 aliphatic rings. The predicted molar refractivity (Wildman–Crippen MR) is 53.2 cm³/mol. The fourth-order valence-corrected chi connectivity index (χ4v) is 1.33. The third-order valence-corrected chi connectivity index (χ3v) is 1.98. The van der Waals surface area contributed by atoms with Crippen LogP contribution in [-0.2, 0) is 4.79 Å². The van der Waals surface area contributed by atoms with Crippen LogP contribution in [0.15, 0.2) is 36.4 Å². The van der Waals surface area contributed by atoms with E-state index in [9.17, 15) is 4.79 Å². The third-order valence-electron chi connectivity index (χ3n) is 1.98. The lowest BCUT2D eigenvalue weighted by molar-refractivity contribution is 0.563. The molecular weight excluding hydrogens is 162 g/mol. The molecule has 0 spiro atoms. The highest BCUT2D eigenvalue weighted by molar-refractivity contribution is 5.90. The summed E-state index contributed by atoms with van der Waals surface area (Å²) in [6.07, 6.45) is 1.85. The van der Waals surface area contributed by atoms with E-state index in [1.165, 1.54) is 0 Å². The molecule has 0 bridgehead atoms. The van der Waals surface area contributed by atoms with Crippen molar-refractivity contribution in [1.82, 2.24) is 0 Å². The number of fused-ring (bicyclic) bond motifs is 1. The van der Waals surface area contributed by atoms with Gasteiger partial charge in [0.25, 0.3) is 0 Å². The van der Waals surface area contributed by atoms with Crippen LogP contribution in [0.5, 0.6) is 0 Å². The van der Waals surface area contributed by atoms with Crippen molar-refractivity contribution >= 4 is 22.7 Å². The van der Waals surface area contributed by atoms with E-state index in [1.54, 1.807) is 12.1 Å². The zero-order chi connectivity index (χ0) is 9.26. The summed E-state index contributed by atoms with van der Waals surface area (Å²) in [7, 11) is 0. The van der Waals surface area contributed by atoms with Gasteiger partial charge in [0.15, 0.2) is 0 Å². The summed E-state index contributed by atoms with van der Waals surface area (Å²) in [5, 5.41) is 2.05. The van der Waals surface area contributed by atoms with E-state index in [-0.39, 0.29) is 0 Å². The number of benzene rings is 2. The normalized spacial score (nSPS) is 10.2. The van der Waals surface area contributed by atoms with E-state index < -0.39 is 0 Å². The van der Waals surface area contributed by atoms with Gasteiger partial charge in [0.1, 0.15) is 0 Å². The van der Waals surface area contributed by atoms with E-state index in [0.717, 1.165) is 10.8 Å². The quantitative estimate of drug-likeness (QED) is 0.664. The average Bonchev–Trinajstić information content (AvgIpc) is 2.16. The summed E-state index contributed by atoms with van der Waals surface area (Å²) in [5.74, 6) is 0. The maximum absolute atomic E-state index is 10.4. The standard InChI is InChI=1S/C11H8NO/c12-11-4-3-9-2-1-8(7-13)5-10(9)6-11/h1-6H,12H2. The molecular formula is C11H8NO. The van der Waals surface area contributed by atoms with Gasteiger partial charge in [0.2, 0.25) is 6.29 Å². The third kappa shape index (κ3) is 1.38. The first-order valence-corrected chi connectivity index (χ1v) is 3.97. The molecule has 0 aliphatic carbocycles. The Balaban J connectivity index is 2.74. The summed E-state index contributed by atoms with van der Waals surface area (Å²) < 4.78 is 0. The number of anilines is 1. The number of nitrogens with two attached hydrogens (primary N) is 1. The molecule has 2 N–H and O–H groups in total. The van der Waals surface area contributed by atoms with Crippen LogP contribution in [0, 0.1) is 0 Å². The molecule has 2 heteroatoms. The fourth-order valence-electron chi connectivity index (χ4n) is 1.33. The van der Waals surface area contributed by atoms with Crippen LogP contribution in [0.25, 0.3) is 10.8 Å². The Hall–Kier alpha value is -1.83. The molecule has 63 valence electrons.